The monoisotopic (exact) mass is 465 g/mol. The van der Waals surface area contributed by atoms with E-state index in [0.29, 0.717) is 11.0 Å². The zero-order valence-corrected chi connectivity index (χ0v) is 15.6. The van der Waals surface area contributed by atoms with Crippen molar-refractivity contribution in [3.63, 3.8) is 0 Å². The van der Waals surface area contributed by atoms with Crippen LogP contribution in [0.25, 0.3) is 11.0 Å². The van der Waals surface area contributed by atoms with Crippen molar-refractivity contribution in [2.24, 2.45) is 0 Å². The van der Waals surface area contributed by atoms with E-state index >= 15 is 0 Å². The van der Waals surface area contributed by atoms with Crippen molar-refractivity contribution in [3.05, 3.63) is 23.8 Å². The quantitative estimate of drug-likeness (QED) is 0.285. The minimum Gasteiger partial charge on any atom is -0.462 e. The molecule has 0 aliphatic rings. The van der Waals surface area contributed by atoms with Gasteiger partial charge in [-0.05, 0) is 31.0 Å². The fourth-order valence-electron chi connectivity index (χ4n) is 2.58. The van der Waals surface area contributed by atoms with Gasteiger partial charge in [0.2, 0.25) is 0 Å². The normalized spacial score (nSPS) is 13.6. The Morgan fingerprint density at radius 2 is 1.55 bits per heavy atom. The Kier molecular flexibility index (Phi) is 7.10. The molecule has 14 heteroatoms. The van der Waals surface area contributed by atoms with Gasteiger partial charge in [0.1, 0.15) is 5.52 Å². The second-order valence-electron chi connectivity index (χ2n) is 6.69. The lowest BCUT2D eigenvalue weighted by atomic mass is 9.98. The van der Waals surface area contributed by atoms with Crippen LogP contribution in [0.4, 0.5) is 39.5 Å². The van der Waals surface area contributed by atoms with Crippen molar-refractivity contribution in [2.45, 2.75) is 56.0 Å². The van der Waals surface area contributed by atoms with Gasteiger partial charge in [0.15, 0.2) is 0 Å². The van der Waals surface area contributed by atoms with Gasteiger partial charge in [-0.15, -0.1) is 5.10 Å². The molecule has 0 fully saturated rings. The highest BCUT2D eigenvalue weighted by atomic mass is 19.4. The van der Waals surface area contributed by atoms with Crippen molar-refractivity contribution in [1.29, 1.82) is 0 Å². The van der Waals surface area contributed by atoms with E-state index in [1.165, 1.54) is 12.1 Å². The fourth-order valence-corrected chi connectivity index (χ4v) is 2.58. The lowest BCUT2D eigenvalue weighted by Crippen LogP contribution is -2.60. The standard InChI is InChI=1S/C17H16F9N3O2/c18-14(19,15(20,21)16(22,23)17(24,25)26)7-3-1-2-4-8-31-13(30)10-5-6-11-12(9-10)28-29-27-11/h5-6,9H,1-4,7-8H2,(H,27,28,29). The highest BCUT2D eigenvalue weighted by Gasteiger charge is 2.81. The molecule has 0 bridgehead atoms. The third kappa shape index (κ3) is 5.21. The summed E-state index contributed by atoms with van der Waals surface area (Å²) in [5.41, 5.74) is 1.18. The number of esters is 1. The fraction of sp³-hybridized carbons (Fsp3) is 0.588. The zero-order valence-electron chi connectivity index (χ0n) is 15.6. The molecule has 0 amide bonds. The molecule has 31 heavy (non-hydrogen) atoms. The number of hydrogen-bond donors (Lipinski definition) is 1. The number of hydrogen-bond acceptors (Lipinski definition) is 4. The Hall–Kier alpha value is -2.54. The smallest absolute Gasteiger partial charge is 0.460 e. The highest BCUT2D eigenvalue weighted by molar-refractivity contribution is 5.93. The van der Waals surface area contributed by atoms with Crippen molar-refractivity contribution < 1.29 is 49.0 Å². The van der Waals surface area contributed by atoms with Crippen LogP contribution in [0.5, 0.6) is 0 Å². The largest absolute Gasteiger partial charge is 0.462 e. The number of carbonyl (C=O) groups excluding carboxylic acids is 1. The second kappa shape index (κ2) is 8.91. The number of nitrogens with one attached hydrogen (secondary N) is 1. The average molecular weight is 465 g/mol. The van der Waals surface area contributed by atoms with Gasteiger partial charge in [0.05, 0.1) is 17.7 Å². The zero-order chi connectivity index (χ0) is 23.5. The molecular formula is C17H16F9N3O2. The average Bonchev–Trinajstić information content (AvgIpc) is 3.13. The molecule has 0 saturated carbocycles. The third-order valence-corrected chi connectivity index (χ3v) is 4.39. The number of H-pyrrole nitrogens is 1. The van der Waals surface area contributed by atoms with E-state index in [1.807, 2.05) is 0 Å². The molecule has 0 aliphatic heterocycles. The molecule has 1 aromatic carbocycles. The SMILES string of the molecule is O=C(OCCCCCCC(F)(F)C(F)(F)C(F)(F)C(F)(F)F)c1ccc2[nH]nnc2c1. The number of fused-ring (bicyclic) bond motifs is 1. The summed E-state index contributed by atoms with van der Waals surface area (Å²) in [6.07, 6.45) is -9.35. The van der Waals surface area contributed by atoms with Crippen LogP contribution in [0.1, 0.15) is 42.5 Å². The molecule has 1 heterocycles. The number of carbonyl (C=O) groups is 1. The van der Waals surface area contributed by atoms with Gasteiger partial charge in [-0.2, -0.15) is 39.5 Å². The van der Waals surface area contributed by atoms with Crippen LogP contribution in [0.2, 0.25) is 0 Å². The van der Waals surface area contributed by atoms with E-state index in [1.54, 1.807) is 6.07 Å². The summed E-state index contributed by atoms with van der Waals surface area (Å²) in [4.78, 5) is 11.9. The lowest BCUT2D eigenvalue weighted by Gasteiger charge is -2.33. The van der Waals surface area contributed by atoms with E-state index in [9.17, 15) is 44.3 Å². The number of ether oxygens (including phenoxy) is 1. The van der Waals surface area contributed by atoms with Gasteiger partial charge in [0.25, 0.3) is 0 Å². The van der Waals surface area contributed by atoms with Crippen molar-refractivity contribution in [1.82, 2.24) is 15.4 Å². The molecule has 1 aromatic heterocycles. The minimum absolute atomic E-state index is 0.0902. The van der Waals surface area contributed by atoms with Crippen LogP contribution in [0.3, 0.4) is 0 Å². The van der Waals surface area contributed by atoms with E-state index < -0.39 is 42.8 Å². The molecule has 174 valence electrons. The number of halogens is 9. The first-order chi connectivity index (χ1) is 14.2. The molecule has 1 N–H and O–H groups in total. The number of benzene rings is 1. The van der Waals surface area contributed by atoms with E-state index in [2.05, 4.69) is 15.4 Å². The number of rotatable bonds is 10. The predicted octanol–water partition coefficient (Wildman–Crippen LogP) is 5.53. The van der Waals surface area contributed by atoms with Gasteiger partial charge in [0, 0.05) is 6.42 Å². The summed E-state index contributed by atoms with van der Waals surface area (Å²) in [5.74, 6) is -19.7. The first-order valence-corrected chi connectivity index (χ1v) is 8.89. The van der Waals surface area contributed by atoms with Crippen LogP contribution in [0.15, 0.2) is 18.2 Å². The third-order valence-electron chi connectivity index (χ3n) is 4.39. The molecule has 2 rings (SSSR count). The number of aromatic amines is 1. The van der Waals surface area contributed by atoms with Gasteiger partial charge >= 0.3 is 29.9 Å². The number of aromatic nitrogens is 3. The first-order valence-electron chi connectivity index (χ1n) is 8.89. The van der Waals surface area contributed by atoms with Crippen LogP contribution >= 0.6 is 0 Å². The Bertz CT molecular complexity index is 896. The summed E-state index contributed by atoms with van der Waals surface area (Å²) in [7, 11) is 0. The summed E-state index contributed by atoms with van der Waals surface area (Å²) in [6, 6.07) is 4.41. The summed E-state index contributed by atoms with van der Waals surface area (Å²) >= 11 is 0. The van der Waals surface area contributed by atoms with E-state index in [4.69, 9.17) is 4.74 Å². The molecule has 0 unspecified atom stereocenters. The Balaban J connectivity index is 1.73. The number of nitrogens with zero attached hydrogens (tertiary/aromatic N) is 2. The summed E-state index contributed by atoms with van der Waals surface area (Å²) in [6.45, 7) is -0.144. The summed E-state index contributed by atoms with van der Waals surface area (Å²) in [5, 5.41) is 9.84. The van der Waals surface area contributed by atoms with E-state index in [-0.39, 0.29) is 31.4 Å². The van der Waals surface area contributed by atoms with Crippen LogP contribution in [-0.4, -0.2) is 51.9 Å². The van der Waals surface area contributed by atoms with Gasteiger partial charge in [-0.25, -0.2) is 4.79 Å². The Labute approximate surface area is 168 Å². The van der Waals surface area contributed by atoms with Crippen LogP contribution in [-0.2, 0) is 4.74 Å². The minimum atomic E-state index is -6.87. The maximum Gasteiger partial charge on any atom is 0.460 e. The van der Waals surface area contributed by atoms with Crippen molar-refractivity contribution in [2.75, 3.05) is 6.61 Å². The summed E-state index contributed by atoms with van der Waals surface area (Å²) < 4.78 is 120. The van der Waals surface area contributed by atoms with Crippen molar-refractivity contribution >= 4 is 17.0 Å². The first kappa shape index (κ1) is 24.7. The lowest BCUT2D eigenvalue weighted by molar-refractivity contribution is -0.396. The Morgan fingerprint density at radius 1 is 0.903 bits per heavy atom. The molecular weight excluding hydrogens is 449 g/mol. The van der Waals surface area contributed by atoms with Crippen LogP contribution in [0, 0.1) is 0 Å². The van der Waals surface area contributed by atoms with Gasteiger partial charge in [-0.1, -0.05) is 18.1 Å². The molecule has 0 aliphatic carbocycles. The molecule has 0 radical (unpaired) electrons. The topological polar surface area (TPSA) is 67.9 Å². The number of unbranched alkanes of at least 4 members (excludes halogenated alkanes) is 3. The maximum atomic E-state index is 13.4. The second-order valence-corrected chi connectivity index (χ2v) is 6.69. The van der Waals surface area contributed by atoms with Crippen molar-refractivity contribution in [3.8, 4) is 0 Å². The molecule has 0 atom stereocenters. The highest BCUT2D eigenvalue weighted by Crippen LogP contribution is 2.54. The molecule has 5 nitrogen and oxygen atoms in total. The predicted molar refractivity (Wildman–Crippen MR) is 88.2 cm³/mol. The van der Waals surface area contributed by atoms with E-state index in [0.717, 1.165) is 0 Å². The number of alkyl halides is 9. The molecule has 2 aromatic rings. The Morgan fingerprint density at radius 3 is 2.19 bits per heavy atom. The maximum absolute atomic E-state index is 13.4. The molecule has 0 spiro atoms. The van der Waals surface area contributed by atoms with Gasteiger partial charge in [-0.3, -0.25) is 5.10 Å². The van der Waals surface area contributed by atoms with Gasteiger partial charge < -0.3 is 4.74 Å². The molecule has 0 saturated heterocycles. The van der Waals surface area contributed by atoms with Crippen LogP contribution < -0.4 is 0 Å².